The number of benzene rings is 1. The van der Waals surface area contributed by atoms with Crippen molar-refractivity contribution < 1.29 is 14.7 Å². The van der Waals surface area contributed by atoms with Crippen LogP contribution in [0.5, 0.6) is 0 Å². The van der Waals surface area contributed by atoms with E-state index in [0.717, 1.165) is 0 Å². The molecule has 2 aromatic rings. The lowest BCUT2D eigenvalue weighted by atomic mass is 10.1. The molecule has 0 aliphatic heterocycles. The van der Waals surface area contributed by atoms with E-state index >= 15 is 0 Å². The largest absolute Gasteiger partial charge is 0.480 e. The lowest BCUT2D eigenvalue weighted by Gasteiger charge is -2.14. The molecule has 0 radical (unpaired) electrons. The first-order valence-electron chi connectivity index (χ1n) is 6.62. The van der Waals surface area contributed by atoms with E-state index in [0.29, 0.717) is 29.3 Å². The molecule has 1 heterocycles. The van der Waals surface area contributed by atoms with Gasteiger partial charge in [-0.25, -0.2) is 9.78 Å². The standard InChI is InChI=1S/C15H15ClN2O3/c1-2-5-12(15(20)21)18-14(19)10-8-13(16)17-11-7-4-3-6-9(10)11/h3-4,6-8,12H,2,5H2,1H3,(H,18,19)(H,20,21)/t12-/m1/s1. The Balaban J connectivity index is 2.37. The number of nitrogens with one attached hydrogen (secondary N) is 1. The zero-order chi connectivity index (χ0) is 15.4. The van der Waals surface area contributed by atoms with Gasteiger partial charge in [0.05, 0.1) is 11.1 Å². The van der Waals surface area contributed by atoms with Crippen molar-refractivity contribution in [1.29, 1.82) is 0 Å². The number of carbonyl (C=O) groups excluding carboxylic acids is 1. The Labute approximate surface area is 126 Å². The van der Waals surface area contributed by atoms with Crippen molar-refractivity contribution in [2.24, 2.45) is 0 Å². The third-order valence-electron chi connectivity index (χ3n) is 3.11. The van der Waals surface area contributed by atoms with Gasteiger partial charge in [-0.2, -0.15) is 0 Å². The highest BCUT2D eigenvalue weighted by Gasteiger charge is 2.21. The highest BCUT2D eigenvalue weighted by molar-refractivity contribution is 6.30. The number of halogens is 1. The van der Waals surface area contributed by atoms with Crippen molar-refractivity contribution in [2.75, 3.05) is 0 Å². The highest BCUT2D eigenvalue weighted by atomic mass is 35.5. The molecule has 110 valence electrons. The molecule has 21 heavy (non-hydrogen) atoms. The van der Waals surface area contributed by atoms with Gasteiger partial charge in [0, 0.05) is 5.39 Å². The summed E-state index contributed by atoms with van der Waals surface area (Å²) >= 11 is 5.92. The van der Waals surface area contributed by atoms with E-state index in [1.807, 2.05) is 6.92 Å². The average Bonchev–Trinajstić information content (AvgIpc) is 2.45. The Bertz CT molecular complexity index is 688. The van der Waals surface area contributed by atoms with Gasteiger partial charge in [0.25, 0.3) is 5.91 Å². The molecule has 0 unspecified atom stereocenters. The maximum Gasteiger partial charge on any atom is 0.326 e. The second-order valence-corrected chi connectivity index (χ2v) is 5.05. The molecule has 0 fully saturated rings. The molecule has 0 spiro atoms. The van der Waals surface area contributed by atoms with Crippen molar-refractivity contribution in [2.45, 2.75) is 25.8 Å². The Hall–Kier alpha value is -2.14. The van der Waals surface area contributed by atoms with Crippen molar-refractivity contribution in [3.05, 3.63) is 41.0 Å². The van der Waals surface area contributed by atoms with Crippen molar-refractivity contribution in [3.8, 4) is 0 Å². The van der Waals surface area contributed by atoms with Crippen molar-refractivity contribution in [3.63, 3.8) is 0 Å². The number of carboxylic acid groups (broad SMARTS) is 1. The lowest BCUT2D eigenvalue weighted by molar-refractivity contribution is -0.139. The molecule has 5 nitrogen and oxygen atoms in total. The van der Waals surface area contributed by atoms with Gasteiger partial charge in [0.15, 0.2) is 0 Å². The predicted molar refractivity (Wildman–Crippen MR) is 80.6 cm³/mol. The Kier molecular flexibility index (Phi) is 4.75. The number of rotatable bonds is 5. The van der Waals surface area contributed by atoms with Gasteiger partial charge in [0.1, 0.15) is 11.2 Å². The fraction of sp³-hybridized carbons (Fsp3) is 0.267. The van der Waals surface area contributed by atoms with Crippen LogP contribution in [0.1, 0.15) is 30.1 Å². The third-order valence-corrected chi connectivity index (χ3v) is 3.30. The summed E-state index contributed by atoms with van der Waals surface area (Å²) in [5.41, 5.74) is 0.922. The molecule has 2 rings (SSSR count). The number of aromatic nitrogens is 1. The third kappa shape index (κ3) is 3.49. The molecule has 1 aromatic carbocycles. The van der Waals surface area contributed by atoms with E-state index in [1.165, 1.54) is 6.07 Å². The number of hydrogen-bond donors (Lipinski definition) is 2. The van der Waals surface area contributed by atoms with Gasteiger partial charge >= 0.3 is 5.97 Å². The Morgan fingerprint density at radius 3 is 2.76 bits per heavy atom. The van der Waals surface area contributed by atoms with Crippen LogP contribution < -0.4 is 5.32 Å². The van der Waals surface area contributed by atoms with E-state index < -0.39 is 17.9 Å². The molecular formula is C15H15ClN2O3. The van der Waals surface area contributed by atoms with E-state index in [1.54, 1.807) is 24.3 Å². The molecule has 0 bridgehead atoms. The molecule has 0 saturated carbocycles. The summed E-state index contributed by atoms with van der Waals surface area (Å²) in [6, 6.07) is 7.62. The zero-order valence-electron chi connectivity index (χ0n) is 11.5. The van der Waals surface area contributed by atoms with E-state index in [9.17, 15) is 9.59 Å². The number of nitrogens with zero attached hydrogens (tertiary/aromatic N) is 1. The maximum absolute atomic E-state index is 12.3. The van der Waals surface area contributed by atoms with Crippen LogP contribution >= 0.6 is 11.6 Å². The predicted octanol–water partition coefficient (Wildman–Crippen LogP) is 2.87. The molecule has 1 atom stereocenters. The van der Waals surface area contributed by atoms with Gasteiger partial charge in [0.2, 0.25) is 0 Å². The normalized spacial score (nSPS) is 12.1. The van der Waals surface area contributed by atoms with Gasteiger partial charge in [-0.05, 0) is 18.6 Å². The van der Waals surface area contributed by atoms with Gasteiger partial charge in [-0.15, -0.1) is 0 Å². The topological polar surface area (TPSA) is 79.3 Å². The van der Waals surface area contributed by atoms with Gasteiger partial charge in [-0.1, -0.05) is 43.1 Å². The molecular weight excluding hydrogens is 292 g/mol. The summed E-state index contributed by atoms with van der Waals surface area (Å²) in [5, 5.41) is 12.5. The molecule has 2 N–H and O–H groups in total. The number of para-hydroxylation sites is 1. The van der Waals surface area contributed by atoms with Crippen molar-refractivity contribution in [1.82, 2.24) is 10.3 Å². The minimum atomic E-state index is -1.05. The Morgan fingerprint density at radius 2 is 2.10 bits per heavy atom. The average molecular weight is 307 g/mol. The molecule has 0 aliphatic carbocycles. The van der Waals surface area contributed by atoms with E-state index in [-0.39, 0.29) is 5.15 Å². The molecule has 0 saturated heterocycles. The first kappa shape index (κ1) is 15.3. The number of pyridine rings is 1. The fourth-order valence-corrected chi connectivity index (χ4v) is 2.31. The van der Waals surface area contributed by atoms with Crippen LogP contribution in [0.3, 0.4) is 0 Å². The number of amides is 1. The summed E-state index contributed by atoms with van der Waals surface area (Å²) in [7, 11) is 0. The molecule has 0 aliphatic rings. The number of hydrogen-bond acceptors (Lipinski definition) is 3. The fourth-order valence-electron chi connectivity index (χ4n) is 2.11. The van der Waals surface area contributed by atoms with E-state index in [2.05, 4.69) is 10.3 Å². The Morgan fingerprint density at radius 1 is 1.38 bits per heavy atom. The summed E-state index contributed by atoms with van der Waals surface area (Å²) in [5.74, 6) is -1.51. The van der Waals surface area contributed by atoms with Gasteiger partial charge in [-0.3, -0.25) is 4.79 Å². The number of fused-ring (bicyclic) bond motifs is 1. The zero-order valence-corrected chi connectivity index (χ0v) is 12.2. The van der Waals surface area contributed by atoms with Crippen LogP contribution in [0.25, 0.3) is 10.9 Å². The highest BCUT2D eigenvalue weighted by Crippen LogP contribution is 2.21. The van der Waals surface area contributed by atoms with Gasteiger partial charge < -0.3 is 10.4 Å². The monoisotopic (exact) mass is 306 g/mol. The van der Waals surface area contributed by atoms with Crippen LogP contribution in [-0.4, -0.2) is 28.0 Å². The second kappa shape index (κ2) is 6.54. The van der Waals surface area contributed by atoms with Crippen LogP contribution in [0, 0.1) is 0 Å². The summed E-state index contributed by atoms with van der Waals surface area (Å²) in [6.07, 6.45) is 1.03. The SMILES string of the molecule is CCC[C@@H](NC(=O)c1cc(Cl)nc2ccccc12)C(=O)O. The van der Waals surface area contributed by atoms with Crippen LogP contribution in [0.15, 0.2) is 30.3 Å². The second-order valence-electron chi connectivity index (χ2n) is 4.66. The molecule has 1 aromatic heterocycles. The van der Waals surface area contributed by atoms with Crippen LogP contribution in [-0.2, 0) is 4.79 Å². The van der Waals surface area contributed by atoms with E-state index in [4.69, 9.17) is 16.7 Å². The minimum absolute atomic E-state index is 0.196. The lowest BCUT2D eigenvalue weighted by Crippen LogP contribution is -2.40. The first-order chi connectivity index (χ1) is 10.0. The van der Waals surface area contributed by atoms with Crippen molar-refractivity contribution >= 4 is 34.4 Å². The smallest absolute Gasteiger partial charge is 0.326 e. The molecule has 6 heteroatoms. The number of aliphatic carboxylic acids is 1. The quantitative estimate of drug-likeness (QED) is 0.832. The first-order valence-corrected chi connectivity index (χ1v) is 6.99. The maximum atomic E-state index is 12.3. The summed E-state index contributed by atoms with van der Waals surface area (Å²) < 4.78 is 0. The molecule has 1 amide bonds. The summed E-state index contributed by atoms with van der Waals surface area (Å²) in [4.78, 5) is 27.6. The summed E-state index contributed by atoms with van der Waals surface area (Å²) in [6.45, 7) is 1.86. The number of carboxylic acids is 1. The number of carbonyl (C=O) groups is 2. The van der Waals surface area contributed by atoms with Crippen LogP contribution in [0.2, 0.25) is 5.15 Å². The van der Waals surface area contributed by atoms with Crippen LogP contribution in [0.4, 0.5) is 0 Å². The minimum Gasteiger partial charge on any atom is -0.480 e.